The van der Waals surface area contributed by atoms with E-state index in [4.69, 9.17) is 28.4 Å². The lowest BCUT2D eigenvalue weighted by Gasteiger charge is -2.48. The summed E-state index contributed by atoms with van der Waals surface area (Å²) in [6.07, 6.45) is 23.4. The van der Waals surface area contributed by atoms with Gasteiger partial charge in [0.1, 0.15) is 73.2 Å². The van der Waals surface area contributed by atoms with E-state index >= 15 is 0 Å². The maximum atomic E-state index is 13.3. The highest BCUT2D eigenvalue weighted by Gasteiger charge is 2.53. The second kappa shape index (κ2) is 47.5. The van der Waals surface area contributed by atoms with E-state index in [1.165, 1.54) is 186 Å². The normalized spacial score (nSPS) is 29.4. The van der Waals surface area contributed by atoms with Gasteiger partial charge >= 0.3 is 0 Å². The second-order valence-electron chi connectivity index (χ2n) is 24.3. The molecule has 0 aliphatic carbocycles. The van der Waals surface area contributed by atoms with E-state index in [0.717, 1.165) is 44.9 Å². The van der Waals surface area contributed by atoms with Crippen LogP contribution < -0.4 is 5.32 Å². The minimum atomic E-state index is -1.97. The number of nitrogens with one attached hydrogen (secondary N) is 1. The van der Waals surface area contributed by atoms with Gasteiger partial charge in [-0.05, 0) is 19.3 Å². The van der Waals surface area contributed by atoms with Crippen LogP contribution in [0.4, 0.5) is 0 Å². The molecule has 3 fully saturated rings. The lowest BCUT2D eigenvalue weighted by molar-refractivity contribution is -0.379. The van der Waals surface area contributed by atoms with Crippen molar-refractivity contribution in [2.24, 2.45) is 0 Å². The molecule has 17 atom stereocenters. The molecule has 1 amide bonds. The summed E-state index contributed by atoms with van der Waals surface area (Å²) in [6, 6.07) is -0.967. The Morgan fingerprint density at radius 1 is 0.422 bits per heavy atom. The van der Waals surface area contributed by atoms with Crippen LogP contribution in [0.25, 0.3) is 0 Å². The quantitative estimate of drug-likeness (QED) is 0.0205. The Kier molecular flexibility index (Phi) is 43.4. The molecule has 3 aliphatic heterocycles. The summed E-state index contributed by atoms with van der Waals surface area (Å²) in [5.41, 5.74) is 0. The molecular weight excluding hydrogens is 1070 g/mol. The van der Waals surface area contributed by atoms with E-state index in [1.54, 1.807) is 6.08 Å². The van der Waals surface area contributed by atoms with Crippen LogP contribution >= 0.6 is 0 Å². The number of amides is 1. The third kappa shape index (κ3) is 30.5. The van der Waals surface area contributed by atoms with E-state index in [1.807, 2.05) is 6.08 Å². The summed E-state index contributed by atoms with van der Waals surface area (Å²) < 4.78 is 34.3. The first kappa shape index (κ1) is 75.8. The molecular formula is C64H121NO18. The van der Waals surface area contributed by atoms with Crippen LogP contribution in [-0.4, -0.2) is 193 Å². The maximum Gasteiger partial charge on any atom is 0.220 e. The van der Waals surface area contributed by atoms with Crippen LogP contribution in [0.5, 0.6) is 0 Å². The fraction of sp³-hybridized carbons (Fsp3) is 0.953. The van der Waals surface area contributed by atoms with Gasteiger partial charge < -0.3 is 89.9 Å². The summed E-state index contributed by atoms with van der Waals surface area (Å²) in [4.78, 5) is 13.3. The number of aliphatic hydroxyl groups excluding tert-OH is 11. The fourth-order valence-corrected chi connectivity index (χ4v) is 11.6. The molecule has 0 radical (unpaired) electrons. The van der Waals surface area contributed by atoms with Crippen LogP contribution in [0.1, 0.15) is 258 Å². The van der Waals surface area contributed by atoms with Gasteiger partial charge in [-0.1, -0.05) is 244 Å². The first-order valence-corrected chi connectivity index (χ1v) is 33.4. The van der Waals surface area contributed by atoms with Crippen molar-refractivity contribution in [2.45, 2.75) is 362 Å². The Hall–Kier alpha value is -1.47. The molecule has 19 nitrogen and oxygen atoms in total. The second-order valence-corrected chi connectivity index (χ2v) is 24.3. The molecule has 490 valence electrons. The van der Waals surface area contributed by atoms with Crippen molar-refractivity contribution < 1.29 is 89.4 Å². The summed E-state index contributed by atoms with van der Waals surface area (Å²) in [5, 5.41) is 120. The Morgan fingerprint density at radius 2 is 0.747 bits per heavy atom. The Balaban J connectivity index is 1.44. The van der Waals surface area contributed by atoms with E-state index in [9.17, 15) is 61.0 Å². The highest BCUT2D eigenvalue weighted by atomic mass is 16.8. The molecule has 12 N–H and O–H groups in total. The first-order valence-electron chi connectivity index (χ1n) is 33.4. The number of aliphatic hydroxyl groups is 11. The molecule has 83 heavy (non-hydrogen) atoms. The van der Waals surface area contributed by atoms with Crippen molar-refractivity contribution >= 4 is 5.91 Å². The van der Waals surface area contributed by atoms with Gasteiger partial charge in [-0.2, -0.15) is 0 Å². The summed E-state index contributed by atoms with van der Waals surface area (Å²) in [7, 11) is 0. The van der Waals surface area contributed by atoms with Crippen LogP contribution in [0.15, 0.2) is 12.2 Å². The number of carbonyl (C=O) groups is 1. The Bertz CT molecular complexity index is 1560. The molecule has 17 unspecified atom stereocenters. The predicted molar refractivity (Wildman–Crippen MR) is 319 cm³/mol. The monoisotopic (exact) mass is 1190 g/mol. The van der Waals surface area contributed by atoms with E-state index in [0.29, 0.717) is 6.42 Å². The summed E-state index contributed by atoms with van der Waals surface area (Å²) >= 11 is 0. The SMILES string of the molecule is CCCCCCCCCCCCCCCCCCCCCCCCC/C=C/C(O)C(COC1OC(CO)C(OC2OC(CO)C(OC3OC(CO)C(O)C(O)C3O)C(O)C2O)C(O)C1O)NC(=O)CCCCCCCCCCCCCCC. The molecule has 3 heterocycles. The largest absolute Gasteiger partial charge is 0.394 e. The lowest BCUT2D eigenvalue weighted by Crippen LogP contribution is -2.66. The number of hydrogen-bond acceptors (Lipinski definition) is 18. The van der Waals surface area contributed by atoms with Crippen molar-refractivity contribution in [1.29, 1.82) is 0 Å². The van der Waals surface area contributed by atoms with Crippen LogP contribution in [-0.2, 0) is 33.2 Å². The van der Waals surface area contributed by atoms with Crippen molar-refractivity contribution in [1.82, 2.24) is 5.32 Å². The first-order chi connectivity index (χ1) is 40.3. The van der Waals surface area contributed by atoms with Gasteiger partial charge in [-0.25, -0.2) is 0 Å². The molecule has 0 aromatic carbocycles. The number of ether oxygens (including phenoxy) is 6. The third-order valence-electron chi connectivity index (χ3n) is 17.1. The van der Waals surface area contributed by atoms with Gasteiger partial charge in [0.05, 0.1) is 38.6 Å². The zero-order valence-corrected chi connectivity index (χ0v) is 51.4. The fourth-order valence-electron chi connectivity index (χ4n) is 11.6. The van der Waals surface area contributed by atoms with Crippen molar-refractivity contribution in [3.63, 3.8) is 0 Å². The molecule has 0 aromatic rings. The van der Waals surface area contributed by atoms with Gasteiger partial charge in [-0.3, -0.25) is 4.79 Å². The predicted octanol–water partition coefficient (Wildman–Crippen LogP) is 7.72. The van der Waals surface area contributed by atoms with E-state index in [2.05, 4.69) is 19.2 Å². The number of unbranched alkanes of at least 4 members (excludes halogenated alkanes) is 35. The van der Waals surface area contributed by atoms with Crippen molar-refractivity contribution in [3.05, 3.63) is 12.2 Å². The van der Waals surface area contributed by atoms with Gasteiger partial charge in [0.15, 0.2) is 18.9 Å². The van der Waals surface area contributed by atoms with E-state index in [-0.39, 0.29) is 18.9 Å². The smallest absolute Gasteiger partial charge is 0.220 e. The van der Waals surface area contributed by atoms with Gasteiger partial charge in [0, 0.05) is 6.42 Å². The van der Waals surface area contributed by atoms with Crippen LogP contribution in [0.2, 0.25) is 0 Å². The number of allylic oxidation sites excluding steroid dienone is 1. The topological polar surface area (TPSA) is 307 Å². The molecule has 3 saturated heterocycles. The Labute approximate surface area is 499 Å². The van der Waals surface area contributed by atoms with Crippen molar-refractivity contribution in [2.75, 3.05) is 26.4 Å². The van der Waals surface area contributed by atoms with Gasteiger partial charge in [-0.15, -0.1) is 0 Å². The molecule has 3 rings (SSSR count). The number of carbonyl (C=O) groups excluding carboxylic acids is 1. The molecule has 19 heteroatoms. The zero-order chi connectivity index (χ0) is 60.5. The summed E-state index contributed by atoms with van der Waals surface area (Å²) in [5.74, 6) is -0.272. The Morgan fingerprint density at radius 3 is 1.13 bits per heavy atom. The average molecular weight is 1190 g/mol. The van der Waals surface area contributed by atoms with E-state index < -0.39 is 124 Å². The number of hydrogen-bond donors (Lipinski definition) is 12. The van der Waals surface area contributed by atoms with Crippen LogP contribution in [0, 0.1) is 0 Å². The summed E-state index contributed by atoms with van der Waals surface area (Å²) in [6.45, 7) is 1.75. The molecule has 0 saturated carbocycles. The maximum absolute atomic E-state index is 13.3. The minimum absolute atomic E-state index is 0.249. The standard InChI is InChI=1S/C64H121NO18/c1-3-5-7-9-11-13-15-17-18-19-20-21-22-23-24-25-26-27-28-30-31-33-35-37-39-41-48(69)47(65-52(70)42-40-38-36-34-32-29-16-14-12-10-8-6-4-2)46-78-62-58(76)55(73)60(50(44-67)80-62)83-64-59(77)56(74)61(51(45-68)81-64)82-63-57(75)54(72)53(71)49(43-66)79-63/h39,41,47-51,53-64,66-69,71-77H,3-38,40,42-46H2,1-2H3,(H,65,70)/b41-39+. The van der Waals surface area contributed by atoms with Crippen molar-refractivity contribution in [3.8, 4) is 0 Å². The third-order valence-corrected chi connectivity index (χ3v) is 17.1. The average Bonchev–Trinajstić information content (AvgIpc) is 3.67. The molecule has 0 spiro atoms. The molecule has 0 aromatic heterocycles. The lowest BCUT2D eigenvalue weighted by atomic mass is 9.96. The minimum Gasteiger partial charge on any atom is -0.394 e. The van der Waals surface area contributed by atoms with Gasteiger partial charge in [0.25, 0.3) is 0 Å². The van der Waals surface area contributed by atoms with Gasteiger partial charge in [0.2, 0.25) is 5.91 Å². The molecule has 3 aliphatic rings. The number of rotatable bonds is 51. The highest BCUT2D eigenvalue weighted by Crippen LogP contribution is 2.33. The molecule has 0 bridgehead atoms. The van der Waals surface area contributed by atoms with Crippen LogP contribution in [0.3, 0.4) is 0 Å². The zero-order valence-electron chi connectivity index (χ0n) is 51.4. The highest BCUT2D eigenvalue weighted by molar-refractivity contribution is 5.76.